The molecule has 2 aliphatic rings. The van der Waals surface area contributed by atoms with Gasteiger partial charge in [0.15, 0.2) is 9.84 Å². The number of nitrogens with zero attached hydrogens (tertiary/aromatic N) is 3. The second-order valence-electron chi connectivity index (χ2n) is 6.62. The summed E-state index contributed by atoms with van der Waals surface area (Å²) in [5, 5.41) is 4.30. The molecule has 2 fully saturated rings. The molecule has 1 aromatic heterocycles. The van der Waals surface area contributed by atoms with Crippen LogP contribution >= 0.6 is 0 Å². The fourth-order valence-electron chi connectivity index (χ4n) is 3.35. The minimum Gasteiger partial charge on any atom is -0.339 e. The van der Waals surface area contributed by atoms with Crippen molar-refractivity contribution < 1.29 is 13.2 Å². The lowest BCUT2D eigenvalue weighted by Crippen LogP contribution is -2.38. The van der Waals surface area contributed by atoms with Crippen LogP contribution in [0.1, 0.15) is 48.3 Å². The van der Waals surface area contributed by atoms with Crippen LogP contribution in [0, 0.1) is 12.8 Å². The van der Waals surface area contributed by atoms with E-state index in [1.165, 1.54) is 0 Å². The highest BCUT2D eigenvalue weighted by atomic mass is 32.2. The molecule has 0 unspecified atom stereocenters. The first-order valence-corrected chi connectivity index (χ1v) is 9.73. The maximum Gasteiger partial charge on any atom is 0.257 e. The summed E-state index contributed by atoms with van der Waals surface area (Å²) in [5.74, 6) is 1.04. The standard InChI is InChI=1S/C15H23N3O3S/c1-11-3-6-17(7-4-11)15(19)14-9-16-18(12(14)2)13-5-8-22(20,21)10-13/h9,11,13H,3-8,10H2,1-2H3/t13-/m1/s1. The van der Waals surface area contributed by atoms with Gasteiger partial charge in [0.1, 0.15) is 0 Å². The minimum atomic E-state index is -2.95. The van der Waals surface area contributed by atoms with Gasteiger partial charge in [-0.3, -0.25) is 9.48 Å². The molecule has 2 saturated heterocycles. The van der Waals surface area contributed by atoms with Crippen molar-refractivity contribution in [1.82, 2.24) is 14.7 Å². The smallest absolute Gasteiger partial charge is 0.257 e. The van der Waals surface area contributed by atoms with E-state index in [-0.39, 0.29) is 23.5 Å². The Morgan fingerprint density at radius 3 is 2.55 bits per heavy atom. The molecule has 0 N–H and O–H groups in total. The Bertz CT molecular complexity index is 672. The van der Waals surface area contributed by atoms with Crippen molar-refractivity contribution in [2.75, 3.05) is 24.6 Å². The number of carbonyl (C=O) groups excluding carboxylic acids is 1. The van der Waals surface area contributed by atoms with Crippen molar-refractivity contribution in [3.05, 3.63) is 17.5 Å². The average molecular weight is 325 g/mol. The Kier molecular flexibility index (Phi) is 4.01. The van der Waals surface area contributed by atoms with E-state index in [4.69, 9.17) is 0 Å². The molecule has 0 spiro atoms. The topological polar surface area (TPSA) is 72.3 Å². The summed E-state index contributed by atoms with van der Waals surface area (Å²) in [6, 6.07) is -0.132. The molecule has 6 nitrogen and oxygen atoms in total. The van der Waals surface area contributed by atoms with E-state index in [1.54, 1.807) is 10.9 Å². The number of hydrogen-bond donors (Lipinski definition) is 0. The number of piperidine rings is 1. The van der Waals surface area contributed by atoms with Crippen LogP contribution in [0.4, 0.5) is 0 Å². The molecule has 122 valence electrons. The van der Waals surface area contributed by atoms with Gasteiger partial charge in [-0.2, -0.15) is 5.10 Å². The first kappa shape index (κ1) is 15.5. The predicted octanol–water partition coefficient (Wildman–Crippen LogP) is 1.42. The van der Waals surface area contributed by atoms with Gasteiger partial charge in [-0.25, -0.2) is 8.42 Å². The van der Waals surface area contributed by atoms with Crippen LogP contribution in [0.3, 0.4) is 0 Å². The number of amides is 1. The summed E-state index contributed by atoms with van der Waals surface area (Å²) in [6.45, 7) is 5.66. The van der Waals surface area contributed by atoms with Gasteiger partial charge in [-0.15, -0.1) is 0 Å². The lowest BCUT2D eigenvalue weighted by Gasteiger charge is -2.30. The van der Waals surface area contributed by atoms with Crippen LogP contribution in [-0.4, -0.2) is 53.6 Å². The van der Waals surface area contributed by atoms with Gasteiger partial charge in [0.05, 0.1) is 29.3 Å². The largest absolute Gasteiger partial charge is 0.339 e. The maximum atomic E-state index is 12.6. The van der Waals surface area contributed by atoms with Crippen molar-refractivity contribution in [3.8, 4) is 0 Å². The van der Waals surface area contributed by atoms with Crippen LogP contribution < -0.4 is 0 Å². The molecule has 0 bridgehead atoms. The highest BCUT2D eigenvalue weighted by Crippen LogP contribution is 2.26. The molecule has 0 aromatic carbocycles. The van der Waals surface area contributed by atoms with Gasteiger partial charge < -0.3 is 4.90 Å². The number of hydrogen-bond acceptors (Lipinski definition) is 4. The van der Waals surface area contributed by atoms with Crippen LogP contribution in [-0.2, 0) is 9.84 Å². The summed E-state index contributed by atoms with van der Waals surface area (Å²) >= 11 is 0. The molecular weight excluding hydrogens is 302 g/mol. The van der Waals surface area contributed by atoms with Crippen LogP contribution in [0.2, 0.25) is 0 Å². The Hall–Kier alpha value is -1.37. The quantitative estimate of drug-likeness (QED) is 0.824. The second kappa shape index (κ2) is 5.68. The van der Waals surface area contributed by atoms with E-state index >= 15 is 0 Å². The zero-order valence-electron chi connectivity index (χ0n) is 13.2. The third kappa shape index (κ3) is 2.91. The lowest BCUT2D eigenvalue weighted by molar-refractivity contribution is 0.0696. The summed E-state index contributed by atoms with van der Waals surface area (Å²) in [5.41, 5.74) is 1.39. The fourth-order valence-corrected chi connectivity index (χ4v) is 5.04. The fraction of sp³-hybridized carbons (Fsp3) is 0.733. The van der Waals surface area contributed by atoms with E-state index in [0.717, 1.165) is 31.6 Å². The molecular formula is C15H23N3O3S. The summed E-state index contributed by atoms with van der Waals surface area (Å²) < 4.78 is 25.0. The van der Waals surface area contributed by atoms with Gasteiger partial charge in [-0.1, -0.05) is 6.92 Å². The number of likely N-dealkylation sites (tertiary alicyclic amines) is 1. The Labute approximate surface area is 131 Å². The molecule has 1 amide bonds. The van der Waals surface area contributed by atoms with E-state index in [1.807, 2.05) is 11.8 Å². The molecule has 1 atom stereocenters. The summed E-state index contributed by atoms with van der Waals surface area (Å²) in [7, 11) is -2.95. The van der Waals surface area contributed by atoms with Gasteiger partial charge in [0, 0.05) is 18.8 Å². The Balaban J connectivity index is 1.77. The van der Waals surface area contributed by atoms with E-state index in [2.05, 4.69) is 12.0 Å². The molecule has 2 aliphatic heterocycles. The summed E-state index contributed by atoms with van der Waals surface area (Å²) in [6.07, 6.45) is 4.26. The van der Waals surface area contributed by atoms with Crippen molar-refractivity contribution >= 4 is 15.7 Å². The Morgan fingerprint density at radius 2 is 1.95 bits per heavy atom. The third-order valence-electron chi connectivity index (χ3n) is 4.90. The third-order valence-corrected chi connectivity index (χ3v) is 6.65. The van der Waals surface area contributed by atoms with Gasteiger partial charge >= 0.3 is 0 Å². The zero-order valence-corrected chi connectivity index (χ0v) is 14.0. The highest BCUT2D eigenvalue weighted by molar-refractivity contribution is 7.91. The van der Waals surface area contributed by atoms with Gasteiger partial charge in [0.25, 0.3) is 5.91 Å². The number of sulfone groups is 1. The van der Waals surface area contributed by atoms with Crippen LogP contribution in [0.5, 0.6) is 0 Å². The maximum absolute atomic E-state index is 12.6. The molecule has 3 heterocycles. The molecule has 22 heavy (non-hydrogen) atoms. The molecule has 7 heteroatoms. The van der Waals surface area contributed by atoms with Crippen molar-refractivity contribution in [1.29, 1.82) is 0 Å². The summed E-state index contributed by atoms with van der Waals surface area (Å²) in [4.78, 5) is 14.5. The number of carbonyl (C=O) groups is 1. The molecule has 0 saturated carbocycles. The van der Waals surface area contributed by atoms with Crippen molar-refractivity contribution in [2.45, 2.75) is 39.2 Å². The number of aromatic nitrogens is 2. The van der Waals surface area contributed by atoms with Crippen molar-refractivity contribution in [3.63, 3.8) is 0 Å². The van der Waals surface area contributed by atoms with E-state index in [0.29, 0.717) is 17.9 Å². The van der Waals surface area contributed by atoms with Gasteiger partial charge in [-0.05, 0) is 32.1 Å². The highest BCUT2D eigenvalue weighted by Gasteiger charge is 2.32. The second-order valence-corrected chi connectivity index (χ2v) is 8.85. The monoisotopic (exact) mass is 325 g/mol. The minimum absolute atomic E-state index is 0.0245. The molecule has 0 radical (unpaired) electrons. The lowest BCUT2D eigenvalue weighted by atomic mass is 9.99. The SMILES string of the molecule is Cc1c(C(=O)N2CCC(C)CC2)cnn1[C@@H]1CCS(=O)(=O)C1. The van der Waals surface area contributed by atoms with Gasteiger partial charge in [0.2, 0.25) is 0 Å². The Morgan fingerprint density at radius 1 is 1.27 bits per heavy atom. The first-order valence-electron chi connectivity index (χ1n) is 7.91. The van der Waals surface area contributed by atoms with E-state index < -0.39 is 9.84 Å². The molecule has 3 rings (SSSR count). The predicted molar refractivity (Wildman–Crippen MR) is 83.6 cm³/mol. The average Bonchev–Trinajstić information content (AvgIpc) is 3.01. The number of rotatable bonds is 2. The van der Waals surface area contributed by atoms with Crippen LogP contribution in [0.25, 0.3) is 0 Å². The zero-order chi connectivity index (χ0) is 15.9. The molecule has 0 aliphatic carbocycles. The van der Waals surface area contributed by atoms with Crippen LogP contribution in [0.15, 0.2) is 6.20 Å². The van der Waals surface area contributed by atoms with E-state index in [9.17, 15) is 13.2 Å². The van der Waals surface area contributed by atoms with Crippen molar-refractivity contribution in [2.24, 2.45) is 5.92 Å². The first-order chi connectivity index (χ1) is 10.4. The molecule has 1 aromatic rings. The normalized spacial score (nSPS) is 25.5.